The van der Waals surface area contributed by atoms with Gasteiger partial charge < -0.3 is 10.1 Å². The van der Waals surface area contributed by atoms with E-state index in [4.69, 9.17) is 4.74 Å². The van der Waals surface area contributed by atoms with Crippen LogP contribution < -0.4 is 16.2 Å². The molecule has 0 spiro atoms. The molecule has 9 heteroatoms. The fourth-order valence-electron chi connectivity index (χ4n) is 2.45. The SMILES string of the molecule is O=C(COC(=O)c1n[nH]c(=O)c2ccccc12)NC(=O)NCc1ccccc1. The summed E-state index contributed by atoms with van der Waals surface area (Å²) in [5, 5.41) is 11.0. The number of benzene rings is 2. The number of imide groups is 1. The summed E-state index contributed by atoms with van der Waals surface area (Å²) in [6, 6.07) is 14.8. The van der Waals surface area contributed by atoms with E-state index in [0.29, 0.717) is 5.39 Å². The summed E-state index contributed by atoms with van der Waals surface area (Å²) in [4.78, 5) is 47.4. The topological polar surface area (TPSA) is 130 Å². The molecule has 0 radical (unpaired) electrons. The Morgan fingerprint density at radius 3 is 2.39 bits per heavy atom. The van der Waals surface area contributed by atoms with Crippen LogP contribution in [0.1, 0.15) is 16.1 Å². The molecule has 0 fully saturated rings. The molecule has 142 valence electrons. The Hall–Kier alpha value is -4.01. The molecule has 0 saturated carbocycles. The van der Waals surface area contributed by atoms with Crippen molar-refractivity contribution in [2.75, 3.05) is 6.61 Å². The van der Waals surface area contributed by atoms with Crippen molar-refractivity contribution >= 4 is 28.7 Å². The number of esters is 1. The first-order valence-electron chi connectivity index (χ1n) is 8.31. The quantitative estimate of drug-likeness (QED) is 0.569. The number of hydrogen-bond acceptors (Lipinski definition) is 6. The zero-order valence-corrected chi connectivity index (χ0v) is 14.6. The largest absolute Gasteiger partial charge is 0.451 e. The van der Waals surface area contributed by atoms with Gasteiger partial charge in [0.25, 0.3) is 11.5 Å². The number of rotatable bonds is 5. The van der Waals surface area contributed by atoms with Crippen LogP contribution >= 0.6 is 0 Å². The third-order valence-electron chi connectivity index (χ3n) is 3.77. The zero-order chi connectivity index (χ0) is 19.9. The molecule has 0 aliphatic carbocycles. The second-order valence-electron chi connectivity index (χ2n) is 5.74. The van der Waals surface area contributed by atoms with Crippen molar-refractivity contribution in [1.29, 1.82) is 0 Å². The highest BCUT2D eigenvalue weighted by Crippen LogP contribution is 2.13. The Morgan fingerprint density at radius 2 is 1.64 bits per heavy atom. The lowest BCUT2D eigenvalue weighted by atomic mass is 10.1. The van der Waals surface area contributed by atoms with Crippen molar-refractivity contribution in [1.82, 2.24) is 20.8 Å². The number of aromatic amines is 1. The number of aromatic nitrogens is 2. The lowest BCUT2D eigenvalue weighted by Crippen LogP contribution is -2.41. The summed E-state index contributed by atoms with van der Waals surface area (Å²) < 4.78 is 4.89. The van der Waals surface area contributed by atoms with Gasteiger partial charge in [0, 0.05) is 11.9 Å². The van der Waals surface area contributed by atoms with Gasteiger partial charge in [0.05, 0.1) is 5.39 Å². The molecule has 0 bridgehead atoms. The van der Waals surface area contributed by atoms with Crippen LogP contribution in [0.5, 0.6) is 0 Å². The molecule has 1 heterocycles. The number of H-pyrrole nitrogens is 1. The molecule has 0 aliphatic rings. The first kappa shape index (κ1) is 18.8. The Kier molecular flexibility index (Phi) is 5.75. The first-order valence-corrected chi connectivity index (χ1v) is 8.31. The van der Waals surface area contributed by atoms with Gasteiger partial charge >= 0.3 is 12.0 Å². The van der Waals surface area contributed by atoms with Crippen LogP contribution in [0.3, 0.4) is 0 Å². The summed E-state index contributed by atoms with van der Waals surface area (Å²) in [6.45, 7) is -0.431. The Balaban J connectivity index is 1.53. The smallest absolute Gasteiger partial charge is 0.359 e. The van der Waals surface area contributed by atoms with Gasteiger partial charge in [0.15, 0.2) is 12.3 Å². The van der Waals surface area contributed by atoms with E-state index in [1.807, 2.05) is 30.3 Å². The minimum Gasteiger partial charge on any atom is -0.451 e. The predicted molar refractivity (Wildman–Crippen MR) is 99.5 cm³/mol. The zero-order valence-electron chi connectivity index (χ0n) is 14.6. The summed E-state index contributed by atoms with van der Waals surface area (Å²) in [5.74, 6) is -1.69. The highest BCUT2D eigenvalue weighted by molar-refractivity contribution is 6.03. The van der Waals surface area contributed by atoms with Crippen molar-refractivity contribution in [3.63, 3.8) is 0 Å². The van der Waals surface area contributed by atoms with E-state index in [2.05, 4.69) is 20.8 Å². The van der Waals surface area contributed by atoms with E-state index in [0.717, 1.165) is 5.56 Å². The molecule has 0 unspecified atom stereocenters. The van der Waals surface area contributed by atoms with Crippen LogP contribution in [0.15, 0.2) is 59.4 Å². The van der Waals surface area contributed by atoms with Gasteiger partial charge in [-0.05, 0) is 11.6 Å². The van der Waals surface area contributed by atoms with Crippen molar-refractivity contribution in [2.45, 2.75) is 6.54 Å². The third-order valence-corrected chi connectivity index (χ3v) is 3.77. The van der Waals surface area contributed by atoms with Crippen LogP contribution in [-0.2, 0) is 16.1 Å². The van der Waals surface area contributed by atoms with E-state index in [9.17, 15) is 19.2 Å². The molecule has 28 heavy (non-hydrogen) atoms. The maximum Gasteiger partial charge on any atom is 0.359 e. The van der Waals surface area contributed by atoms with Crippen LogP contribution in [0.25, 0.3) is 10.8 Å². The fourth-order valence-corrected chi connectivity index (χ4v) is 2.45. The predicted octanol–water partition coefficient (Wildman–Crippen LogP) is 1.11. The van der Waals surface area contributed by atoms with Gasteiger partial charge in [-0.15, -0.1) is 0 Å². The Bertz CT molecular complexity index is 1080. The van der Waals surface area contributed by atoms with Crippen LogP contribution in [-0.4, -0.2) is 34.7 Å². The number of fused-ring (bicyclic) bond motifs is 1. The van der Waals surface area contributed by atoms with Crippen molar-refractivity contribution in [3.05, 3.63) is 76.2 Å². The van der Waals surface area contributed by atoms with Crippen LogP contribution in [0.4, 0.5) is 4.79 Å². The minimum atomic E-state index is -0.896. The second kappa shape index (κ2) is 8.58. The van der Waals surface area contributed by atoms with Gasteiger partial charge in [0.2, 0.25) is 0 Å². The summed E-state index contributed by atoms with van der Waals surface area (Å²) in [6.07, 6.45) is 0. The van der Waals surface area contributed by atoms with Crippen molar-refractivity contribution in [3.8, 4) is 0 Å². The second-order valence-corrected chi connectivity index (χ2v) is 5.74. The molecule has 9 nitrogen and oxygen atoms in total. The van der Waals surface area contributed by atoms with E-state index in [-0.39, 0.29) is 17.6 Å². The molecular weight excluding hydrogens is 364 g/mol. The molecule has 3 amide bonds. The normalized spacial score (nSPS) is 10.3. The van der Waals surface area contributed by atoms with E-state index >= 15 is 0 Å². The number of urea groups is 1. The molecule has 1 aromatic heterocycles. The maximum atomic E-state index is 12.2. The number of carbonyl (C=O) groups excluding carboxylic acids is 3. The van der Waals surface area contributed by atoms with Crippen molar-refractivity contribution < 1.29 is 19.1 Å². The highest BCUT2D eigenvalue weighted by Gasteiger charge is 2.17. The Labute approximate surface area is 158 Å². The number of nitrogens with one attached hydrogen (secondary N) is 3. The van der Waals surface area contributed by atoms with E-state index in [1.54, 1.807) is 18.2 Å². The number of nitrogens with zero attached hydrogens (tertiary/aromatic N) is 1. The van der Waals surface area contributed by atoms with Crippen LogP contribution in [0, 0.1) is 0 Å². The summed E-state index contributed by atoms with van der Waals surface area (Å²) >= 11 is 0. The Morgan fingerprint density at radius 1 is 0.964 bits per heavy atom. The molecule has 3 rings (SSSR count). The summed E-state index contributed by atoms with van der Waals surface area (Å²) in [5.41, 5.74) is 0.295. The molecule has 0 saturated heterocycles. The molecule has 0 atom stereocenters. The van der Waals surface area contributed by atoms with Gasteiger partial charge in [-0.3, -0.25) is 14.9 Å². The summed E-state index contributed by atoms with van der Waals surface area (Å²) in [7, 11) is 0. The fraction of sp³-hybridized carbons (Fsp3) is 0.105. The monoisotopic (exact) mass is 380 g/mol. The third kappa shape index (κ3) is 4.58. The van der Waals surface area contributed by atoms with Crippen molar-refractivity contribution in [2.24, 2.45) is 0 Å². The van der Waals surface area contributed by atoms with Crippen LogP contribution in [0.2, 0.25) is 0 Å². The molecule has 0 aliphatic heterocycles. The van der Waals surface area contributed by atoms with E-state index < -0.39 is 30.1 Å². The van der Waals surface area contributed by atoms with Gasteiger partial charge in [-0.1, -0.05) is 48.5 Å². The molecule has 3 aromatic rings. The number of hydrogen-bond donors (Lipinski definition) is 3. The van der Waals surface area contributed by atoms with Gasteiger partial charge in [0.1, 0.15) is 0 Å². The molecule has 3 N–H and O–H groups in total. The standard InChI is InChI=1S/C19H16N4O5/c24-15(21-19(27)20-10-12-6-2-1-3-7-12)11-28-18(26)16-13-8-4-5-9-14(13)17(25)23-22-16/h1-9H,10-11H2,(H,23,25)(H2,20,21,24,27). The lowest BCUT2D eigenvalue weighted by Gasteiger charge is -2.08. The highest BCUT2D eigenvalue weighted by atomic mass is 16.5. The number of carbonyl (C=O) groups is 3. The first-order chi connectivity index (χ1) is 13.5. The average molecular weight is 380 g/mol. The minimum absolute atomic E-state index is 0.128. The maximum absolute atomic E-state index is 12.2. The molecular formula is C19H16N4O5. The van der Waals surface area contributed by atoms with Gasteiger partial charge in [-0.25, -0.2) is 14.7 Å². The average Bonchev–Trinajstić information content (AvgIpc) is 2.72. The van der Waals surface area contributed by atoms with E-state index in [1.165, 1.54) is 6.07 Å². The lowest BCUT2D eigenvalue weighted by molar-refractivity contribution is -0.123. The number of amides is 3. The van der Waals surface area contributed by atoms with Gasteiger partial charge in [-0.2, -0.15) is 5.10 Å². The molecule has 2 aromatic carbocycles. The number of ether oxygens (including phenoxy) is 1.